The van der Waals surface area contributed by atoms with Crippen LogP contribution in [0, 0.1) is 0 Å². The van der Waals surface area contributed by atoms with Gasteiger partial charge in [-0.05, 0) is 45.0 Å². The average molecular weight is 225 g/mol. The molecule has 0 radical (unpaired) electrons. The molecule has 2 rings (SSSR count). The van der Waals surface area contributed by atoms with Crippen molar-refractivity contribution in [2.24, 2.45) is 0 Å². The van der Waals surface area contributed by atoms with Gasteiger partial charge >= 0.3 is 5.97 Å². The van der Waals surface area contributed by atoms with Crippen LogP contribution in [0.5, 0.6) is 0 Å². The summed E-state index contributed by atoms with van der Waals surface area (Å²) in [6, 6.07) is 3.21. The van der Waals surface area contributed by atoms with E-state index in [1.807, 2.05) is 0 Å². The largest absolute Gasteiger partial charge is 0.460 e. The van der Waals surface area contributed by atoms with Gasteiger partial charge in [0.05, 0.1) is 12.9 Å². The smallest absolute Gasteiger partial charge is 0.374 e. The minimum absolute atomic E-state index is 0.252. The quantitative estimate of drug-likeness (QED) is 0.784. The molecule has 0 bridgehead atoms. The number of esters is 1. The number of piperidine rings is 1. The molecule has 1 aromatic heterocycles. The van der Waals surface area contributed by atoms with E-state index in [2.05, 4.69) is 10.1 Å². The molecule has 1 aromatic rings. The minimum atomic E-state index is -0.410. The van der Waals surface area contributed by atoms with Gasteiger partial charge in [0, 0.05) is 0 Å². The van der Waals surface area contributed by atoms with Crippen LogP contribution in [0.1, 0.15) is 36.7 Å². The summed E-state index contributed by atoms with van der Waals surface area (Å²) in [5.41, 5.74) is 0. The lowest BCUT2D eigenvalue weighted by Crippen LogP contribution is -2.21. The third-order valence-corrected chi connectivity index (χ3v) is 2.20. The van der Waals surface area contributed by atoms with Crippen molar-refractivity contribution in [1.29, 1.82) is 0 Å². The third kappa shape index (κ3) is 4.98. The van der Waals surface area contributed by atoms with Gasteiger partial charge in [-0.25, -0.2) is 4.79 Å². The van der Waals surface area contributed by atoms with Crippen LogP contribution in [0.25, 0.3) is 0 Å². The first kappa shape index (κ1) is 12.8. The first-order valence-electron chi connectivity index (χ1n) is 5.76. The Hall–Kier alpha value is -1.29. The first-order chi connectivity index (χ1) is 7.84. The first-order valence-corrected chi connectivity index (χ1v) is 5.76. The molecule has 16 heavy (non-hydrogen) atoms. The lowest BCUT2D eigenvalue weighted by Gasteiger charge is -2.08. The van der Waals surface area contributed by atoms with Crippen LogP contribution >= 0.6 is 0 Å². The highest BCUT2D eigenvalue weighted by Crippen LogP contribution is 2.01. The van der Waals surface area contributed by atoms with E-state index in [0.29, 0.717) is 6.61 Å². The third-order valence-electron chi connectivity index (χ3n) is 2.20. The predicted molar refractivity (Wildman–Crippen MR) is 61.4 cm³/mol. The highest BCUT2D eigenvalue weighted by molar-refractivity contribution is 5.86. The van der Waals surface area contributed by atoms with Crippen molar-refractivity contribution in [1.82, 2.24) is 5.32 Å². The van der Waals surface area contributed by atoms with Crippen LogP contribution in [-0.2, 0) is 4.74 Å². The molecule has 1 saturated heterocycles. The predicted octanol–water partition coefficient (Wildman–Crippen LogP) is 2.22. The maximum Gasteiger partial charge on any atom is 0.374 e. The topological polar surface area (TPSA) is 51.5 Å². The van der Waals surface area contributed by atoms with Crippen LogP contribution in [0.2, 0.25) is 0 Å². The summed E-state index contributed by atoms with van der Waals surface area (Å²) >= 11 is 0. The molecule has 0 aromatic carbocycles. The van der Waals surface area contributed by atoms with Gasteiger partial charge in [-0.1, -0.05) is 6.42 Å². The summed E-state index contributed by atoms with van der Waals surface area (Å²) in [7, 11) is 0. The molecule has 4 heteroatoms. The fraction of sp³-hybridized carbons (Fsp3) is 0.583. The number of hydrogen-bond donors (Lipinski definition) is 1. The molecule has 1 aliphatic rings. The molecule has 0 saturated carbocycles. The van der Waals surface area contributed by atoms with Gasteiger partial charge in [0.2, 0.25) is 5.76 Å². The van der Waals surface area contributed by atoms with E-state index in [1.54, 1.807) is 19.1 Å². The molecule has 0 aliphatic carbocycles. The van der Waals surface area contributed by atoms with Crippen molar-refractivity contribution in [2.45, 2.75) is 26.2 Å². The zero-order valence-electron chi connectivity index (χ0n) is 9.70. The highest BCUT2D eigenvalue weighted by Gasteiger charge is 2.07. The highest BCUT2D eigenvalue weighted by atomic mass is 16.5. The second-order valence-electron chi connectivity index (χ2n) is 3.51. The number of nitrogens with one attached hydrogen (secondary N) is 1. The molecule has 0 atom stereocenters. The van der Waals surface area contributed by atoms with Gasteiger partial charge in [0.1, 0.15) is 0 Å². The normalized spacial score (nSPS) is 14.8. The van der Waals surface area contributed by atoms with Crippen LogP contribution in [-0.4, -0.2) is 25.7 Å². The van der Waals surface area contributed by atoms with E-state index < -0.39 is 5.97 Å². The fourth-order valence-corrected chi connectivity index (χ4v) is 1.40. The summed E-state index contributed by atoms with van der Waals surface area (Å²) in [6.45, 7) is 4.63. The molecule has 0 unspecified atom stereocenters. The van der Waals surface area contributed by atoms with Crippen LogP contribution < -0.4 is 5.32 Å². The fourth-order valence-electron chi connectivity index (χ4n) is 1.40. The Labute approximate surface area is 96.0 Å². The average Bonchev–Trinajstić information content (AvgIpc) is 2.86. The Kier molecular flexibility index (Phi) is 6.33. The van der Waals surface area contributed by atoms with Crippen molar-refractivity contribution >= 4 is 5.97 Å². The van der Waals surface area contributed by atoms with Gasteiger partial charge in [-0.2, -0.15) is 0 Å². The molecule has 4 nitrogen and oxygen atoms in total. The summed E-state index contributed by atoms with van der Waals surface area (Å²) in [4.78, 5) is 10.8. The Morgan fingerprint density at radius 2 is 2.19 bits per heavy atom. The van der Waals surface area contributed by atoms with Gasteiger partial charge < -0.3 is 14.5 Å². The van der Waals surface area contributed by atoms with Gasteiger partial charge in [0.25, 0.3) is 0 Å². The second kappa shape index (κ2) is 7.93. The number of furan rings is 1. The zero-order valence-corrected chi connectivity index (χ0v) is 9.70. The molecule has 0 spiro atoms. The van der Waals surface area contributed by atoms with Crippen molar-refractivity contribution in [3.63, 3.8) is 0 Å². The summed E-state index contributed by atoms with van der Waals surface area (Å²) in [6.07, 6.45) is 5.65. The van der Waals surface area contributed by atoms with E-state index in [4.69, 9.17) is 4.42 Å². The number of hydrogen-bond acceptors (Lipinski definition) is 4. The van der Waals surface area contributed by atoms with E-state index >= 15 is 0 Å². The molecule has 1 N–H and O–H groups in total. The maximum absolute atomic E-state index is 10.8. The van der Waals surface area contributed by atoms with E-state index in [-0.39, 0.29) is 5.76 Å². The second-order valence-corrected chi connectivity index (χ2v) is 3.51. The molecule has 1 aliphatic heterocycles. The number of carbonyl (C=O) groups excluding carboxylic acids is 1. The lowest BCUT2D eigenvalue weighted by molar-refractivity contribution is 0.0490. The molecule has 2 heterocycles. The number of ether oxygens (including phenoxy) is 1. The number of carbonyl (C=O) groups is 1. The maximum atomic E-state index is 10.8. The molecule has 1 fully saturated rings. The Bertz CT molecular complexity index is 267. The van der Waals surface area contributed by atoms with Gasteiger partial charge in [-0.15, -0.1) is 0 Å². The van der Waals surface area contributed by atoms with Crippen molar-refractivity contribution < 1.29 is 13.9 Å². The Morgan fingerprint density at radius 3 is 2.56 bits per heavy atom. The summed E-state index contributed by atoms with van der Waals surface area (Å²) < 4.78 is 9.43. The number of rotatable bonds is 2. The Morgan fingerprint density at radius 1 is 1.44 bits per heavy atom. The van der Waals surface area contributed by atoms with Gasteiger partial charge in [-0.3, -0.25) is 0 Å². The van der Waals surface area contributed by atoms with Crippen LogP contribution in [0.3, 0.4) is 0 Å². The van der Waals surface area contributed by atoms with E-state index in [0.717, 1.165) is 0 Å². The molecular weight excluding hydrogens is 206 g/mol. The van der Waals surface area contributed by atoms with Crippen LogP contribution in [0.4, 0.5) is 0 Å². The van der Waals surface area contributed by atoms with Crippen LogP contribution in [0.15, 0.2) is 22.8 Å². The van der Waals surface area contributed by atoms with E-state index in [9.17, 15) is 4.79 Å². The summed E-state index contributed by atoms with van der Waals surface area (Å²) in [5, 5.41) is 3.28. The SMILES string of the molecule is C1CCNCC1.CCOC(=O)c1ccco1. The Balaban J connectivity index is 0.000000181. The zero-order chi connectivity index (χ0) is 11.6. The lowest BCUT2D eigenvalue weighted by atomic mass is 10.2. The van der Waals surface area contributed by atoms with Gasteiger partial charge in [0.15, 0.2) is 0 Å². The van der Waals surface area contributed by atoms with Crippen molar-refractivity contribution in [3.8, 4) is 0 Å². The molecule has 0 amide bonds. The monoisotopic (exact) mass is 225 g/mol. The van der Waals surface area contributed by atoms with Crippen molar-refractivity contribution in [3.05, 3.63) is 24.2 Å². The van der Waals surface area contributed by atoms with Crippen molar-refractivity contribution in [2.75, 3.05) is 19.7 Å². The summed E-state index contributed by atoms with van der Waals surface area (Å²) in [5.74, 6) is -0.158. The molecular formula is C12H19NO3. The molecule has 90 valence electrons. The van der Waals surface area contributed by atoms with E-state index in [1.165, 1.54) is 38.6 Å². The standard InChI is InChI=1S/C7H8O3.C5H11N/c1-2-9-7(8)6-4-3-5-10-6;1-2-4-6-5-3-1/h3-5H,2H2,1H3;6H,1-5H2. The minimum Gasteiger partial charge on any atom is -0.460 e.